The zero-order valence-electron chi connectivity index (χ0n) is 27.9. The molecule has 1 aliphatic rings. The molecule has 0 aliphatic heterocycles. The molecular weight excluding hydrogens is 551 g/mol. The van der Waals surface area contributed by atoms with Crippen molar-refractivity contribution in [3.05, 3.63) is 131 Å². The lowest BCUT2D eigenvalue weighted by atomic mass is 9.70. The van der Waals surface area contributed by atoms with Crippen LogP contribution in [0.25, 0.3) is 10.9 Å². The molecule has 4 heteroatoms. The van der Waals surface area contributed by atoms with Gasteiger partial charge in [-0.1, -0.05) is 153 Å². The van der Waals surface area contributed by atoms with Crippen LogP contribution in [0, 0.1) is 5.41 Å². The Morgan fingerprint density at radius 3 is 1.84 bits per heavy atom. The van der Waals surface area contributed by atoms with Crippen molar-refractivity contribution in [1.82, 2.24) is 4.98 Å². The van der Waals surface area contributed by atoms with Crippen molar-refractivity contribution in [3.63, 3.8) is 0 Å². The maximum absolute atomic E-state index is 12.4. The number of rotatable bonds is 2. The Hall–Kier alpha value is -3.53. The van der Waals surface area contributed by atoms with Crippen LogP contribution < -0.4 is 0 Å². The smallest absolute Gasteiger partial charge is 0.361 e. The summed E-state index contributed by atoms with van der Waals surface area (Å²) in [6.45, 7) is 19.4. The number of hydrogen-bond donors (Lipinski definition) is 1. The lowest BCUT2D eigenvalue weighted by Crippen LogP contribution is -2.21. The molecule has 1 aliphatic carbocycles. The molecule has 236 valence electrons. The Bertz CT molecular complexity index is 1500. The van der Waals surface area contributed by atoms with Crippen molar-refractivity contribution in [1.29, 1.82) is 0 Å². The summed E-state index contributed by atoms with van der Waals surface area (Å²) in [6, 6.07) is 24.8. The van der Waals surface area contributed by atoms with Crippen molar-refractivity contribution < 1.29 is 13.2 Å². The van der Waals surface area contributed by atoms with Gasteiger partial charge in [0.2, 0.25) is 0 Å². The quantitative estimate of drug-likeness (QED) is 0.235. The monoisotopic (exact) mass is 601 g/mol. The standard InChI is InChI=1S/C17H22.C12H15N.C11H13F3/c1-17(2,3)16(14-10-6-4-7-11-14)15-12-8-5-9-13-15;1-12(2,3)10-8-13-11-7-5-4-6-9(10)11;1-10(2,3)8-5-4-6-9(7-8)11(12,13)14/h4-8,10-12,16H,9,13H2,1-3H3;4-8,13H,1-3H3;4-7H,1-3H3. The van der Waals surface area contributed by atoms with Crippen LogP contribution >= 0.6 is 0 Å². The van der Waals surface area contributed by atoms with E-state index in [1.165, 1.54) is 47.0 Å². The van der Waals surface area contributed by atoms with E-state index in [-0.39, 0.29) is 16.2 Å². The van der Waals surface area contributed by atoms with Gasteiger partial charge in [0.25, 0.3) is 0 Å². The minimum absolute atomic E-state index is 0.222. The second kappa shape index (κ2) is 14.1. The molecule has 0 spiro atoms. The van der Waals surface area contributed by atoms with Gasteiger partial charge in [0.05, 0.1) is 5.56 Å². The molecule has 1 unspecified atom stereocenters. The fraction of sp³-hybridized carbons (Fsp3) is 0.400. The summed E-state index contributed by atoms with van der Waals surface area (Å²) >= 11 is 0. The first-order valence-corrected chi connectivity index (χ1v) is 15.5. The summed E-state index contributed by atoms with van der Waals surface area (Å²) in [5.74, 6) is 0.536. The van der Waals surface area contributed by atoms with Crippen LogP contribution in [-0.4, -0.2) is 4.98 Å². The van der Waals surface area contributed by atoms with Gasteiger partial charge in [-0.25, -0.2) is 0 Å². The van der Waals surface area contributed by atoms with Gasteiger partial charge in [-0.15, -0.1) is 0 Å². The van der Waals surface area contributed by atoms with Crippen LogP contribution in [0.3, 0.4) is 0 Å². The Kier molecular flexibility index (Phi) is 11.2. The van der Waals surface area contributed by atoms with Crippen LogP contribution in [0.4, 0.5) is 13.2 Å². The fourth-order valence-corrected chi connectivity index (χ4v) is 5.63. The zero-order chi connectivity index (χ0) is 32.8. The molecule has 0 amide bonds. The zero-order valence-corrected chi connectivity index (χ0v) is 27.9. The first-order chi connectivity index (χ1) is 20.4. The van der Waals surface area contributed by atoms with Gasteiger partial charge in [0.15, 0.2) is 0 Å². The maximum Gasteiger partial charge on any atom is 0.416 e. The number of allylic oxidation sites excluding steroid dienone is 4. The SMILES string of the molecule is CC(C)(C)C(C1=CC=CCC1)c1ccccc1.CC(C)(C)c1c[nH]c2ccccc12.CC(C)(C)c1cccc(C(F)(F)F)c1. The number of alkyl halides is 3. The largest absolute Gasteiger partial charge is 0.416 e. The van der Waals surface area contributed by atoms with Gasteiger partial charge >= 0.3 is 6.18 Å². The molecule has 3 aromatic carbocycles. The third-order valence-corrected chi connectivity index (χ3v) is 7.87. The summed E-state index contributed by atoms with van der Waals surface area (Å²) < 4.78 is 37.1. The normalized spacial score (nSPS) is 14.6. The van der Waals surface area contributed by atoms with Gasteiger partial charge in [-0.05, 0) is 57.9 Å². The highest BCUT2D eigenvalue weighted by molar-refractivity contribution is 5.84. The second-order valence-electron chi connectivity index (χ2n) is 14.7. The third kappa shape index (κ3) is 9.74. The second-order valence-corrected chi connectivity index (χ2v) is 14.7. The van der Waals surface area contributed by atoms with E-state index in [1.54, 1.807) is 11.6 Å². The van der Waals surface area contributed by atoms with E-state index in [4.69, 9.17) is 0 Å². The Morgan fingerprint density at radius 1 is 0.682 bits per heavy atom. The molecule has 1 N–H and O–H groups in total. The average molecular weight is 602 g/mol. The Morgan fingerprint density at radius 2 is 1.30 bits per heavy atom. The number of H-pyrrole nitrogens is 1. The van der Waals surface area contributed by atoms with E-state index in [1.807, 2.05) is 20.8 Å². The van der Waals surface area contributed by atoms with Crippen molar-refractivity contribution in [2.24, 2.45) is 5.41 Å². The van der Waals surface area contributed by atoms with Gasteiger partial charge in [0, 0.05) is 23.0 Å². The van der Waals surface area contributed by atoms with E-state index < -0.39 is 11.7 Å². The molecule has 0 saturated heterocycles. The number of aromatic nitrogens is 1. The van der Waals surface area contributed by atoms with Gasteiger partial charge in [-0.3, -0.25) is 0 Å². The molecule has 0 fully saturated rings. The molecule has 0 bridgehead atoms. The number of benzene rings is 3. The number of halogens is 3. The van der Waals surface area contributed by atoms with Crippen molar-refractivity contribution in [2.75, 3.05) is 0 Å². The van der Waals surface area contributed by atoms with E-state index in [0.29, 0.717) is 11.5 Å². The highest BCUT2D eigenvalue weighted by Crippen LogP contribution is 2.43. The minimum atomic E-state index is -4.25. The number of fused-ring (bicyclic) bond motifs is 1. The summed E-state index contributed by atoms with van der Waals surface area (Å²) in [7, 11) is 0. The van der Waals surface area contributed by atoms with Gasteiger partial charge in [0.1, 0.15) is 0 Å². The molecule has 1 atom stereocenters. The highest BCUT2D eigenvalue weighted by atomic mass is 19.4. The molecular formula is C40H50F3N. The van der Waals surface area contributed by atoms with Crippen LogP contribution in [0.15, 0.2) is 109 Å². The Labute approximate surface area is 263 Å². The van der Waals surface area contributed by atoms with Crippen molar-refractivity contribution in [3.8, 4) is 0 Å². The van der Waals surface area contributed by atoms with Crippen molar-refractivity contribution >= 4 is 10.9 Å². The molecule has 0 radical (unpaired) electrons. The summed E-state index contributed by atoms with van der Waals surface area (Å²) in [5, 5.41) is 1.34. The summed E-state index contributed by atoms with van der Waals surface area (Å²) in [5.41, 5.74) is 6.01. The molecule has 0 saturated carbocycles. The van der Waals surface area contributed by atoms with E-state index >= 15 is 0 Å². The molecule has 1 heterocycles. The molecule has 4 aromatic rings. The Balaban J connectivity index is 0.000000182. The lowest BCUT2D eigenvalue weighted by Gasteiger charge is -2.34. The van der Waals surface area contributed by atoms with Crippen LogP contribution in [0.5, 0.6) is 0 Å². The van der Waals surface area contributed by atoms with E-state index in [0.717, 1.165) is 6.07 Å². The van der Waals surface area contributed by atoms with Crippen LogP contribution in [0.1, 0.15) is 103 Å². The number of hydrogen-bond acceptors (Lipinski definition) is 0. The summed E-state index contributed by atoms with van der Waals surface area (Å²) in [6.07, 6.45) is 7.03. The van der Waals surface area contributed by atoms with Gasteiger partial charge in [-0.2, -0.15) is 13.2 Å². The van der Waals surface area contributed by atoms with E-state index in [2.05, 4.69) is 126 Å². The van der Waals surface area contributed by atoms with E-state index in [9.17, 15) is 13.2 Å². The highest BCUT2D eigenvalue weighted by Gasteiger charge is 2.31. The fourth-order valence-electron chi connectivity index (χ4n) is 5.63. The minimum Gasteiger partial charge on any atom is -0.361 e. The lowest BCUT2D eigenvalue weighted by molar-refractivity contribution is -0.137. The average Bonchev–Trinajstić information content (AvgIpc) is 3.39. The third-order valence-electron chi connectivity index (χ3n) is 7.87. The molecule has 1 nitrogen and oxygen atoms in total. The number of aromatic amines is 1. The molecule has 1 aromatic heterocycles. The first-order valence-electron chi connectivity index (χ1n) is 15.5. The first kappa shape index (κ1) is 35.0. The van der Waals surface area contributed by atoms with Crippen LogP contribution in [-0.2, 0) is 17.0 Å². The summed E-state index contributed by atoms with van der Waals surface area (Å²) in [4.78, 5) is 3.29. The van der Waals surface area contributed by atoms with Crippen LogP contribution in [0.2, 0.25) is 0 Å². The number of nitrogens with one attached hydrogen (secondary N) is 1. The molecule has 5 rings (SSSR count). The predicted molar refractivity (Wildman–Crippen MR) is 182 cm³/mol. The predicted octanol–water partition coefficient (Wildman–Crippen LogP) is 12.6. The maximum atomic E-state index is 12.4. The van der Waals surface area contributed by atoms with Gasteiger partial charge < -0.3 is 4.98 Å². The topological polar surface area (TPSA) is 15.8 Å². The number of para-hydroxylation sites is 1. The molecule has 44 heavy (non-hydrogen) atoms. The van der Waals surface area contributed by atoms with Crippen molar-refractivity contribution in [2.45, 2.75) is 98.1 Å².